The molecule has 1 atom stereocenters. The van der Waals surface area contributed by atoms with Crippen LogP contribution in [0.1, 0.15) is 30.0 Å². The van der Waals surface area contributed by atoms with Crippen molar-refractivity contribution in [3.8, 4) is 5.75 Å². The number of hydrogen-bond donors (Lipinski definition) is 1. The molecule has 0 aliphatic heterocycles. The molecule has 102 valence electrons. The van der Waals surface area contributed by atoms with Crippen molar-refractivity contribution in [3.63, 3.8) is 0 Å². The smallest absolute Gasteiger partial charge is 0.118 e. The molecule has 0 spiro atoms. The molecule has 0 saturated heterocycles. The highest BCUT2D eigenvalue weighted by molar-refractivity contribution is 5.29. The molecule has 2 rings (SSSR count). The maximum Gasteiger partial charge on any atom is 0.118 e. The fourth-order valence-corrected chi connectivity index (χ4v) is 2.18. The minimum absolute atomic E-state index is 0.521. The van der Waals surface area contributed by atoms with Crippen LogP contribution in [-0.4, -0.2) is 22.0 Å². The molecule has 4 nitrogen and oxygen atoms in total. The van der Waals surface area contributed by atoms with Crippen molar-refractivity contribution < 1.29 is 9.84 Å². The van der Waals surface area contributed by atoms with Gasteiger partial charge in [0.25, 0.3) is 0 Å². The van der Waals surface area contributed by atoms with Crippen molar-refractivity contribution in [1.82, 2.24) is 9.78 Å². The van der Waals surface area contributed by atoms with Gasteiger partial charge in [0.05, 0.1) is 18.9 Å². The van der Waals surface area contributed by atoms with Crippen molar-refractivity contribution in [3.05, 3.63) is 47.3 Å². The Morgan fingerprint density at radius 1 is 1.32 bits per heavy atom. The first kappa shape index (κ1) is 13.6. The van der Waals surface area contributed by atoms with Crippen LogP contribution < -0.4 is 4.74 Å². The van der Waals surface area contributed by atoms with E-state index in [9.17, 15) is 5.11 Å². The number of aryl methyl sites for hydroxylation is 2. The molecule has 0 saturated carbocycles. The Morgan fingerprint density at radius 3 is 2.58 bits per heavy atom. The van der Waals surface area contributed by atoms with Crippen LogP contribution in [0.15, 0.2) is 30.3 Å². The summed E-state index contributed by atoms with van der Waals surface area (Å²) in [5, 5.41) is 14.7. The number of ether oxygens (including phenoxy) is 1. The first-order valence-corrected chi connectivity index (χ1v) is 6.49. The highest BCUT2D eigenvalue weighted by Gasteiger charge is 2.12. The minimum Gasteiger partial charge on any atom is -0.497 e. The third-order valence-corrected chi connectivity index (χ3v) is 3.19. The Balaban J connectivity index is 2.12. The molecular weight excluding hydrogens is 240 g/mol. The Morgan fingerprint density at radius 2 is 2.00 bits per heavy atom. The molecule has 1 unspecified atom stereocenters. The summed E-state index contributed by atoms with van der Waals surface area (Å²) in [5.41, 5.74) is 2.93. The molecule has 0 aliphatic rings. The van der Waals surface area contributed by atoms with Gasteiger partial charge in [-0.3, -0.25) is 4.68 Å². The van der Waals surface area contributed by atoms with Crippen LogP contribution in [0.5, 0.6) is 5.75 Å². The van der Waals surface area contributed by atoms with Gasteiger partial charge in [0.2, 0.25) is 0 Å². The van der Waals surface area contributed by atoms with Gasteiger partial charge in [-0.05, 0) is 37.6 Å². The summed E-state index contributed by atoms with van der Waals surface area (Å²) in [7, 11) is 1.63. The first-order chi connectivity index (χ1) is 9.13. The van der Waals surface area contributed by atoms with Gasteiger partial charge in [0.1, 0.15) is 5.75 Å². The molecule has 0 aliphatic carbocycles. The Labute approximate surface area is 113 Å². The standard InChI is InChI=1S/C15H20N2O2/c1-4-17-13(9-11(2)16-17)10-15(18)12-5-7-14(19-3)8-6-12/h5-9,15,18H,4,10H2,1-3H3. The van der Waals surface area contributed by atoms with E-state index in [1.807, 2.05) is 41.9 Å². The molecule has 0 fully saturated rings. The highest BCUT2D eigenvalue weighted by atomic mass is 16.5. The lowest BCUT2D eigenvalue weighted by Gasteiger charge is -2.12. The number of rotatable bonds is 5. The second-order valence-corrected chi connectivity index (χ2v) is 4.59. The lowest BCUT2D eigenvalue weighted by atomic mass is 10.0. The van der Waals surface area contributed by atoms with E-state index < -0.39 is 6.10 Å². The van der Waals surface area contributed by atoms with E-state index in [2.05, 4.69) is 12.0 Å². The fourth-order valence-electron chi connectivity index (χ4n) is 2.18. The summed E-state index contributed by atoms with van der Waals surface area (Å²) in [6, 6.07) is 9.53. The van der Waals surface area contributed by atoms with E-state index in [1.54, 1.807) is 7.11 Å². The average Bonchev–Trinajstić information content (AvgIpc) is 2.78. The van der Waals surface area contributed by atoms with Gasteiger partial charge >= 0.3 is 0 Å². The van der Waals surface area contributed by atoms with Gasteiger partial charge in [-0.15, -0.1) is 0 Å². The zero-order valence-electron chi connectivity index (χ0n) is 11.6. The Bertz CT molecular complexity index is 532. The minimum atomic E-state index is -0.521. The molecular formula is C15H20N2O2. The number of aromatic nitrogens is 2. The maximum absolute atomic E-state index is 10.3. The topological polar surface area (TPSA) is 47.3 Å². The fraction of sp³-hybridized carbons (Fsp3) is 0.400. The molecule has 1 aromatic carbocycles. The van der Waals surface area contributed by atoms with Gasteiger partial charge in [-0.1, -0.05) is 12.1 Å². The number of methoxy groups -OCH3 is 1. The van der Waals surface area contributed by atoms with Crippen LogP contribution in [0.4, 0.5) is 0 Å². The normalized spacial score (nSPS) is 12.4. The van der Waals surface area contributed by atoms with E-state index in [0.717, 1.165) is 29.2 Å². The van der Waals surface area contributed by atoms with Crippen molar-refractivity contribution in [1.29, 1.82) is 0 Å². The second kappa shape index (κ2) is 5.89. The lowest BCUT2D eigenvalue weighted by molar-refractivity contribution is 0.175. The second-order valence-electron chi connectivity index (χ2n) is 4.59. The SMILES string of the molecule is CCn1nc(C)cc1CC(O)c1ccc(OC)cc1. The quantitative estimate of drug-likeness (QED) is 0.898. The number of aliphatic hydroxyl groups is 1. The van der Waals surface area contributed by atoms with Crippen molar-refractivity contribution >= 4 is 0 Å². The van der Waals surface area contributed by atoms with Crippen molar-refractivity contribution in [2.45, 2.75) is 32.9 Å². The van der Waals surface area contributed by atoms with E-state index in [1.165, 1.54) is 0 Å². The third kappa shape index (κ3) is 3.15. The summed E-state index contributed by atoms with van der Waals surface area (Å²) >= 11 is 0. The predicted octanol–water partition coefficient (Wildman–Crippen LogP) is 2.50. The van der Waals surface area contributed by atoms with Gasteiger partial charge < -0.3 is 9.84 Å². The van der Waals surface area contributed by atoms with Crippen LogP contribution in [0, 0.1) is 6.92 Å². The number of aliphatic hydroxyl groups excluding tert-OH is 1. The molecule has 0 radical (unpaired) electrons. The summed E-state index contributed by atoms with van der Waals surface area (Å²) in [5.74, 6) is 0.797. The molecule has 0 amide bonds. The van der Waals surface area contributed by atoms with Crippen LogP contribution >= 0.6 is 0 Å². The molecule has 0 bridgehead atoms. The van der Waals surface area contributed by atoms with Crippen LogP contribution in [0.3, 0.4) is 0 Å². The molecule has 4 heteroatoms. The average molecular weight is 260 g/mol. The van der Waals surface area contributed by atoms with E-state index in [4.69, 9.17) is 4.74 Å². The number of hydrogen-bond acceptors (Lipinski definition) is 3. The molecule has 2 aromatic rings. The van der Waals surface area contributed by atoms with Crippen LogP contribution in [0.25, 0.3) is 0 Å². The zero-order valence-corrected chi connectivity index (χ0v) is 11.6. The predicted molar refractivity (Wildman–Crippen MR) is 74.3 cm³/mol. The van der Waals surface area contributed by atoms with E-state index in [0.29, 0.717) is 6.42 Å². The number of nitrogens with zero attached hydrogens (tertiary/aromatic N) is 2. The monoisotopic (exact) mass is 260 g/mol. The van der Waals surface area contributed by atoms with Crippen LogP contribution in [0.2, 0.25) is 0 Å². The number of benzene rings is 1. The highest BCUT2D eigenvalue weighted by Crippen LogP contribution is 2.21. The summed E-state index contributed by atoms with van der Waals surface area (Å²) in [6.45, 7) is 4.84. The largest absolute Gasteiger partial charge is 0.497 e. The van der Waals surface area contributed by atoms with Gasteiger partial charge in [-0.25, -0.2) is 0 Å². The van der Waals surface area contributed by atoms with Gasteiger partial charge in [0.15, 0.2) is 0 Å². The molecule has 1 heterocycles. The lowest BCUT2D eigenvalue weighted by Crippen LogP contribution is -2.08. The Hall–Kier alpha value is -1.81. The van der Waals surface area contributed by atoms with Crippen molar-refractivity contribution in [2.24, 2.45) is 0 Å². The van der Waals surface area contributed by atoms with E-state index in [-0.39, 0.29) is 0 Å². The zero-order chi connectivity index (χ0) is 13.8. The van der Waals surface area contributed by atoms with Gasteiger partial charge in [-0.2, -0.15) is 5.10 Å². The van der Waals surface area contributed by atoms with E-state index >= 15 is 0 Å². The van der Waals surface area contributed by atoms with Crippen molar-refractivity contribution in [2.75, 3.05) is 7.11 Å². The first-order valence-electron chi connectivity index (χ1n) is 6.49. The maximum atomic E-state index is 10.3. The van der Waals surface area contributed by atoms with Crippen LogP contribution in [-0.2, 0) is 13.0 Å². The third-order valence-electron chi connectivity index (χ3n) is 3.19. The molecule has 19 heavy (non-hydrogen) atoms. The molecule has 1 aromatic heterocycles. The Kier molecular flexibility index (Phi) is 4.22. The van der Waals surface area contributed by atoms with Gasteiger partial charge in [0, 0.05) is 18.7 Å². The summed E-state index contributed by atoms with van der Waals surface area (Å²) in [6.07, 6.45) is 0.0494. The summed E-state index contributed by atoms with van der Waals surface area (Å²) < 4.78 is 7.04. The molecule has 1 N–H and O–H groups in total. The summed E-state index contributed by atoms with van der Waals surface area (Å²) in [4.78, 5) is 0.